The molecule has 2 nitrogen and oxygen atoms in total. The number of carbonyl (C=O) groups excluding carboxylic acids is 1. The highest BCUT2D eigenvalue weighted by molar-refractivity contribution is 6.30. The second kappa shape index (κ2) is 4.90. The second-order valence-electron chi connectivity index (χ2n) is 3.42. The van der Waals surface area contributed by atoms with Crippen LogP contribution in [0.25, 0.3) is 0 Å². The third-order valence-corrected chi connectivity index (χ3v) is 2.73. The van der Waals surface area contributed by atoms with E-state index in [9.17, 15) is 9.18 Å². The Morgan fingerprint density at radius 2 is 2.00 bits per heavy atom. The summed E-state index contributed by atoms with van der Waals surface area (Å²) in [6.07, 6.45) is -0.115. The molecule has 0 atom stereocenters. The maximum Gasteiger partial charge on any atom is 0.202 e. The molecule has 0 aliphatic heterocycles. The smallest absolute Gasteiger partial charge is 0.202 e. The highest BCUT2D eigenvalue weighted by atomic mass is 35.5. The minimum Gasteiger partial charge on any atom is -0.442 e. The predicted molar refractivity (Wildman–Crippen MR) is 63.2 cm³/mol. The molecule has 1 heterocycles. The number of rotatable bonds is 3. The number of Topliss-reactive ketones (excluding diaryl/α,β-unsaturated/α-hetero) is 1. The van der Waals surface area contributed by atoms with Crippen molar-refractivity contribution in [2.24, 2.45) is 0 Å². The van der Waals surface area contributed by atoms with E-state index in [-0.39, 0.29) is 33.8 Å². The molecule has 0 aliphatic carbocycles. The summed E-state index contributed by atoms with van der Waals surface area (Å²) in [7, 11) is 0. The molecule has 88 valence electrons. The predicted octanol–water partition coefficient (Wildman–Crippen LogP) is 4.15. The van der Waals surface area contributed by atoms with Gasteiger partial charge in [-0.15, -0.1) is 0 Å². The zero-order valence-electron chi connectivity index (χ0n) is 8.54. The molecule has 0 saturated heterocycles. The van der Waals surface area contributed by atoms with Crippen molar-refractivity contribution in [3.8, 4) is 0 Å². The maximum absolute atomic E-state index is 13.5. The van der Waals surface area contributed by atoms with Crippen molar-refractivity contribution in [2.75, 3.05) is 0 Å². The van der Waals surface area contributed by atoms with Gasteiger partial charge >= 0.3 is 0 Å². The highest BCUT2D eigenvalue weighted by Crippen LogP contribution is 2.20. The SMILES string of the molecule is O=C(Cc1cccc(Cl)c1F)c1ccc(Cl)o1. The second-order valence-corrected chi connectivity index (χ2v) is 4.20. The maximum atomic E-state index is 13.5. The molecule has 2 rings (SSSR count). The van der Waals surface area contributed by atoms with Gasteiger partial charge in [-0.3, -0.25) is 4.79 Å². The summed E-state index contributed by atoms with van der Waals surface area (Å²) in [6, 6.07) is 7.43. The number of hydrogen-bond acceptors (Lipinski definition) is 2. The molecular formula is C12H7Cl2FO2. The van der Waals surface area contributed by atoms with Crippen molar-refractivity contribution in [1.82, 2.24) is 0 Å². The summed E-state index contributed by atoms with van der Waals surface area (Å²) < 4.78 is 18.5. The van der Waals surface area contributed by atoms with Gasteiger partial charge in [-0.05, 0) is 35.4 Å². The van der Waals surface area contributed by atoms with E-state index in [4.69, 9.17) is 27.6 Å². The van der Waals surface area contributed by atoms with Gasteiger partial charge in [0.1, 0.15) is 5.82 Å². The standard InChI is InChI=1S/C12H7Cl2FO2/c13-8-3-1-2-7(12(8)15)6-9(16)10-4-5-11(14)17-10/h1-5H,6H2. The van der Waals surface area contributed by atoms with Crippen LogP contribution >= 0.6 is 23.2 Å². The monoisotopic (exact) mass is 272 g/mol. The number of benzene rings is 1. The Balaban J connectivity index is 2.21. The van der Waals surface area contributed by atoms with E-state index in [1.807, 2.05) is 0 Å². The van der Waals surface area contributed by atoms with Crippen LogP contribution < -0.4 is 0 Å². The van der Waals surface area contributed by atoms with E-state index in [1.165, 1.54) is 24.3 Å². The minimum atomic E-state index is -0.583. The molecule has 0 aliphatic rings. The molecule has 0 fully saturated rings. The number of carbonyl (C=O) groups is 1. The topological polar surface area (TPSA) is 30.2 Å². The third-order valence-electron chi connectivity index (χ3n) is 2.23. The van der Waals surface area contributed by atoms with Crippen molar-refractivity contribution in [3.05, 3.63) is 57.7 Å². The Morgan fingerprint density at radius 3 is 2.65 bits per heavy atom. The van der Waals surface area contributed by atoms with Crippen LogP contribution in [0.5, 0.6) is 0 Å². The Hall–Kier alpha value is -1.32. The van der Waals surface area contributed by atoms with Crippen molar-refractivity contribution >= 4 is 29.0 Å². The summed E-state index contributed by atoms with van der Waals surface area (Å²) in [4.78, 5) is 11.7. The molecular weight excluding hydrogens is 266 g/mol. The van der Waals surface area contributed by atoms with Crippen molar-refractivity contribution < 1.29 is 13.6 Å². The lowest BCUT2D eigenvalue weighted by Gasteiger charge is -2.02. The average Bonchev–Trinajstić information content (AvgIpc) is 2.72. The van der Waals surface area contributed by atoms with E-state index in [0.29, 0.717) is 0 Å². The lowest BCUT2D eigenvalue weighted by molar-refractivity contribution is 0.0965. The van der Waals surface area contributed by atoms with Crippen LogP contribution in [0.3, 0.4) is 0 Å². The Kier molecular flexibility index (Phi) is 3.50. The molecule has 1 aromatic carbocycles. The van der Waals surface area contributed by atoms with E-state index < -0.39 is 5.82 Å². The van der Waals surface area contributed by atoms with Crippen LogP contribution in [0.15, 0.2) is 34.7 Å². The van der Waals surface area contributed by atoms with Gasteiger partial charge in [0.25, 0.3) is 0 Å². The largest absolute Gasteiger partial charge is 0.442 e. The van der Waals surface area contributed by atoms with Crippen molar-refractivity contribution in [1.29, 1.82) is 0 Å². The zero-order chi connectivity index (χ0) is 12.4. The van der Waals surface area contributed by atoms with Crippen LogP contribution in [0, 0.1) is 5.82 Å². The van der Waals surface area contributed by atoms with Crippen molar-refractivity contribution in [3.63, 3.8) is 0 Å². The van der Waals surface area contributed by atoms with Crippen LogP contribution in [0.2, 0.25) is 10.2 Å². The first-order valence-corrected chi connectivity index (χ1v) is 5.55. The molecule has 0 unspecified atom stereocenters. The summed E-state index contributed by atoms with van der Waals surface area (Å²) in [5, 5.41) is 0.118. The van der Waals surface area contributed by atoms with Crippen LogP contribution in [-0.2, 0) is 6.42 Å². The first-order chi connectivity index (χ1) is 8.08. The minimum absolute atomic E-state index is 0.00669. The fourth-order valence-corrected chi connectivity index (χ4v) is 1.75. The van der Waals surface area contributed by atoms with Gasteiger partial charge in [0.15, 0.2) is 11.0 Å². The summed E-state index contributed by atoms with van der Waals surface area (Å²) in [5.41, 5.74) is 0.232. The fourth-order valence-electron chi connectivity index (χ4n) is 1.41. The normalized spacial score (nSPS) is 10.5. The zero-order valence-corrected chi connectivity index (χ0v) is 10.1. The number of hydrogen-bond donors (Lipinski definition) is 0. The van der Waals surface area contributed by atoms with Gasteiger partial charge in [-0.2, -0.15) is 0 Å². The fraction of sp³-hybridized carbons (Fsp3) is 0.0833. The third kappa shape index (κ3) is 2.68. The lowest BCUT2D eigenvalue weighted by Crippen LogP contribution is -2.04. The van der Waals surface area contributed by atoms with Crippen LogP contribution in [0.1, 0.15) is 16.1 Å². The van der Waals surface area contributed by atoms with Gasteiger partial charge in [0.2, 0.25) is 5.78 Å². The van der Waals surface area contributed by atoms with E-state index in [2.05, 4.69) is 0 Å². The number of furan rings is 1. The van der Waals surface area contributed by atoms with Gasteiger partial charge < -0.3 is 4.42 Å². The van der Waals surface area contributed by atoms with Crippen molar-refractivity contribution in [2.45, 2.75) is 6.42 Å². The average molecular weight is 273 g/mol. The highest BCUT2D eigenvalue weighted by Gasteiger charge is 2.15. The number of ketones is 1. The Bertz CT molecular complexity index is 563. The molecule has 1 aromatic heterocycles. The van der Waals surface area contributed by atoms with Gasteiger partial charge in [0, 0.05) is 6.42 Å². The molecule has 0 saturated carbocycles. The Morgan fingerprint density at radius 1 is 1.24 bits per heavy atom. The molecule has 2 aromatic rings. The summed E-state index contributed by atoms with van der Waals surface area (Å²) in [5.74, 6) is -0.826. The molecule has 0 bridgehead atoms. The van der Waals surface area contributed by atoms with Gasteiger partial charge in [-0.25, -0.2) is 4.39 Å². The molecule has 5 heteroatoms. The van der Waals surface area contributed by atoms with Crippen LogP contribution in [-0.4, -0.2) is 5.78 Å². The number of halogens is 3. The Labute approximate surface area is 107 Å². The molecule has 0 radical (unpaired) electrons. The molecule has 0 amide bonds. The molecule has 17 heavy (non-hydrogen) atoms. The van der Waals surface area contributed by atoms with E-state index in [0.717, 1.165) is 0 Å². The summed E-state index contributed by atoms with van der Waals surface area (Å²) in [6.45, 7) is 0. The summed E-state index contributed by atoms with van der Waals surface area (Å²) >= 11 is 11.2. The van der Waals surface area contributed by atoms with E-state index in [1.54, 1.807) is 6.07 Å². The molecule has 0 spiro atoms. The van der Waals surface area contributed by atoms with Crippen LogP contribution in [0.4, 0.5) is 4.39 Å². The first kappa shape index (κ1) is 12.1. The lowest BCUT2D eigenvalue weighted by atomic mass is 10.1. The van der Waals surface area contributed by atoms with Gasteiger partial charge in [0.05, 0.1) is 5.02 Å². The van der Waals surface area contributed by atoms with Gasteiger partial charge in [-0.1, -0.05) is 23.7 Å². The first-order valence-electron chi connectivity index (χ1n) is 4.79. The van der Waals surface area contributed by atoms with E-state index >= 15 is 0 Å². The quantitative estimate of drug-likeness (QED) is 0.786. The molecule has 0 N–H and O–H groups in total.